The molecule has 0 fully saturated rings. The molecular formula is C18H16O5. The van der Waals surface area contributed by atoms with Gasteiger partial charge in [-0.2, -0.15) is 0 Å². The Morgan fingerprint density at radius 1 is 1.22 bits per heavy atom. The molecule has 0 aliphatic carbocycles. The molecule has 0 bridgehead atoms. The monoisotopic (exact) mass is 312 g/mol. The third-order valence-corrected chi connectivity index (χ3v) is 3.97. The maximum Gasteiger partial charge on any atom is 0.204 e. The average molecular weight is 312 g/mol. The van der Waals surface area contributed by atoms with E-state index in [1.54, 1.807) is 0 Å². The van der Waals surface area contributed by atoms with Gasteiger partial charge in [0.15, 0.2) is 11.3 Å². The van der Waals surface area contributed by atoms with Crippen molar-refractivity contribution in [3.05, 3.63) is 51.7 Å². The van der Waals surface area contributed by atoms with Gasteiger partial charge in [-0.1, -0.05) is 17.7 Å². The summed E-state index contributed by atoms with van der Waals surface area (Å²) in [5.41, 5.74) is 0.828. The molecular weight excluding hydrogens is 296 g/mol. The number of rotatable bonds is 2. The van der Waals surface area contributed by atoms with E-state index in [1.807, 2.05) is 19.9 Å². The van der Waals surface area contributed by atoms with Gasteiger partial charge in [0, 0.05) is 18.1 Å². The first kappa shape index (κ1) is 15.0. The fraction of sp³-hybridized carbons (Fsp3) is 0.167. The summed E-state index contributed by atoms with van der Waals surface area (Å²) in [5.74, 6) is -0.622. The Bertz CT molecular complexity index is 1010. The van der Waals surface area contributed by atoms with Gasteiger partial charge in [-0.05, 0) is 26.0 Å². The van der Waals surface area contributed by atoms with Crippen LogP contribution in [0.3, 0.4) is 0 Å². The van der Waals surface area contributed by atoms with Crippen molar-refractivity contribution in [2.45, 2.75) is 20.3 Å². The highest BCUT2D eigenvalue weighted by molar-refractivity contribution is 5.96. The van der Waals surface area contributed by atoms with Crippen LogP contribution in [0.4, 0.5) is 0 Å². The van der Waals surface area contributed by atoms with E-state index in [2.05, 4.69) is 0 Å². The van der Waals surface area contributed by atoms with E-state index in [0.717, 1.165) is 5.57 Å². The van der Waals surface area contributed by atoms with Gasteiger partial charge in [0.1, 0.15) is 22.5 Å². The van der Waals surface area contributed by atoms with E-state index >= 15 is 0 Å². The molecule has 2 aromatic carbocycles. The van der Waals surface area contributed by atoms with E-state index in [1.165, 1.54) is 24.3 Å². The lowest BCUT2D eigenvalue weighted by Gasteiger charge is -2.11. The van der Waals surface area contributed by atoms with Crippen LogP contribution in [0, 0.1) is 0 Å². The van der Waals surface area contributed by atoms with E-state index < -0.39 is 5.43 Å². The summed E-state index contributed by atoms with van der Waals surface area (Å²) < 4.78 is 5.52. The fourth-order valence-electron chi connectivity index (χ4n) is 2.58. The van der Waals surface area contributed by atoms with Crippen LogP contribution < -0.4 is 5.43 Å². The smallest absolute Gasteiger partial charge is 0.204 e. The molecule has 0 amide bonds. The zero-order valence-electron chi connectivity index (χ0n) is 12.8. The average Bonchev–Trinajstić information content (AvgIpc) is 2.52. The van der Waals surface area contributed by atoms with Crippen LogP contribution >= 0.6 is 0 Å². The van der Waals surface area contributed by atoms with E-state index in [0.29, 0.717) is 6.42 Å². The SMILES string of the molecule is C/C=C(\C)Cc1c(O)cc2oc3c(O)cccc3c(=O)c2c1O. The number of aromatic hydroxyl groups is 3. The Morgan fingerprint density at radius 3 is 2.65 bits per heavy atom. The van der Waals surface area contributed by atoms with Gasteiger partial charge in [-0.15, -0.1) is 0 Å². The second-order valence-corrected chi connectivity index (χ2v) is 5.49. The maximum atomic E-state index is 12.7. The quantitative estimate of drug-likeness (QED) is 0.497. The number of phenols is 3. The Labute approximate surface area is 131 Å². The molecule has 1 heterocycles. The zero-order chi connectivity index (χ0) is 16.7. The lowest BCUT2D eigenvalue weighted by molar-refractivity contribution is 0.441. The first-order valence-corrected chi connectivity index (χ1v) is 7.18. The summed E-state index contributed by atoms with van der Waals surface area (Å²) >= 11 is 0. The van der Waals surface area contributed by atoms with Crippen LogP contribution in [0.25, 0.3) is 21.9 Å². The van der Waals surface area contributed by atoms with Crippen molar-refractivity contribution in [2.75, 3.05) is 0 Å². The molecule has 3 rings (SSSR count). The number of allylic oxidation sites excluding steroid dienone is 2. The molecule has 3 aromatic rings. The molecule has 0 saturated carbocycles. The first-order valence-electron chi connectivity index (χ1n) is 7.18. The third kappa shape index (κ3) is 2.30. The van der Waals surface area contributed by atoms with Crippen molar-refractivity contribution in [3.8, 4) is 17.2 Å². The topological polar surface area (TPSA) is 90.9 Å². The standard InChI is InChI=1S/C18H16O5/c1-3-9(2)7-11-13(20)8-14-15(17(11)22)16(21)10-5-4-6-12(19)18(10)23-14/h3-6,8,19-20,22H,7H2,1-2H3/b9-3+. The Balaban J connectivity index is 2.44. The highest BCUT2D eigenvalue weighted by Gasteiger charge is 2.19. The van der Waals surface area contributed by atoms with Gasteiger partial charge in [0.05, 0.1) is 5.39 Å². The molecule has 0 radical (unpaired) electrons. The second-order valence-electron chi connectivity index (χ2n) is 5.49. The summed E-state index contributed by atoms with van der Waals surface area (Å²) in [5, 5.41) is 30.6. The Kier molecular flexibility index (Phi) is 3.48. The van der Waals surface area contributed by atoms with Gasteiger partial charge in [-0.3, -0.25) is 4.79 Å². The molecule has 0 spiro atoms. The van der Waals surface area contributed by atoms with Crippen LogP contribution in [-0.4, -0.2) is 15.3 Å². The summed E-state index contributed by atoms with van der Waals surface area (Å²) in [4.78, 5) is 12.7. The lowest BCUT2D eigenvalue weighted by Crippen LogP contribution is -2.04. The molecule has 118 valence electrons. The first-order chi connectivity index (χ1) is 10.9. The van der Waals surface area contributed by atoms with Gasteiger partial charge >= 0.3 is 0 Å². The predicted octanol–water partition coefficient (Wildman–Crippen LogP) is 3.57. The molecule has 0 unspecified atom stereocenters. The van der Waals surface area contributed by atoms with E-state index in [-0.39, 0.29) is 44.8 Å². The summed E-state index contributed by atoms with van der Waals surface area (Å²) in [6.07, 6.45) is 2.19. The normalized spacial score (nSPS) is 12.2. The van der Waals surface area contributed by atoms with E-state index in [4.69, 9.17) is 4.42 Å². The number of hydrogen-bond donors (Lipinski definition) is 3. The Morgan fingerprint density at radius 2 is 1.96 bits per heavy atom. The zero-order valence-corrected chi connectivity index (χ0v) is 12.8. The molecule has 0 aliphatic rings. The molecule has 3 N–H and O–H groups in total. The minimum Gasteiger partial charge on any atom is -0.507 e. The van der Waals surface area contributed by atoms with E-state index in [9.17, 15) is 20.1 Å². The minimum absolute atomic E-state index is 0.000182. The van der Waals surface area contributed by atoms with Crippen molar-refractivity contribution >= 4 is 21.9 Å². The number of fused-ring (bicyclic) bond motifs is 2. The minimum atomic E-state index is -0.450. The number of hydrogen-bond acceptors (Lipinski definition) is 5. The van der Waals surface area contributed by atoms with Crippen molar-refractivity contribution in [1.82, 2.24) is 0 Å². The third-order valence-electron chi connectivity index (χ3n) is 3.97. The van der Waals surface area contributed by atoms with Gasteiger partial charge in [0.25, 0.3) is 0 Å². The molecule has 5 heteroatoms. The highest BCUT2D eigenvalue weighted by atomic mass is 16.4. The second kappa shape index (κ2) is 5.35. The van der Waals surface area contributed by atoms with Crippen LogP contribution in [0.5, 0.6) is 17.2 Å². The number of phenolic OH excluding ortho intramolecular Hbond substituents is 3. The maximum absolute atomic E-state index is 12.7. The number of benzene rings is 2. The van der Waals surface area contributed by atoms with Crippen molar-refractivity contribution in [1.29, 1.82) is 0 Å². The van der Waals surface area contributed by atoms with Crippen LogP contribution in [0.1, 0.15) is 19.4 Å². The largest absolute Gasteiger partial charge is 0.507 e. The van der Waals surface area contributed by atoms with Gasteiger partial charge in [-0.25, -0.2) is 0 Å². The summed E-state index contributed by atoms with van der Waals surface area (Å²) in [7, 11) is 0. The van der Waals surface area contributed by atoms with Crippen LogP contribution in [0.2, 0.25) is 0 Å². The highest BCUT2D eigenvalue weighted by Crippen LogP contribution is 2.37. The molecule has 0 atom stereocenters. The molecule has 0 saturated heterocycles. The Hall–Kier alpha value is -2.95. The fourth-order valence-corrected chi connectivity index (χ4v) is 2.58. The van der Waals surface area contributed by atoms with Gasteiger partial charge in [0.2, 0.25) is 5.43 Å². The lowest BCUT2D eigenvalue weighted by atomic mass is 10.0. The number of para-hydroxylation sites is 1. The summed E-state index contributed by atoms with van der Waals surface area (Å²) in [6, 6.07) is 5.74. The van der Waals surface area contributed by atoms with Crippen molar-refractivity contribution in [3.63, 3.8) is 0 Å². The van der Waals surface area contributed by atoms with Crippen molar-refractivity contribution in [2.24, 2.45) is 0 Å². The van der Waals surface area contributed by atoms with Crippen LogP contribution in [-0.2, 0) is 6.42 Å². The molecule has 1 aromatic heterocycles. The van der Waals surface area contributed by atoms with Gasteiger partial charge < -0.3 is 19.7 Å². The summed E-state index contributed by atoms with van der Waals surface area (Å²) in [6.45, 7) is 3.72. The van der Waals surface area contributed by atoms with Crippen LogP contribution in [0.15, 0.2) is 45.1 Å². The molecule has 23 heavy (non-hydrogen) atoms. The molecule has 5 nitrogen and oxygen atoms in total. The van der Waals surface area contributed by atoms with Crippen molar-refractivity contribution < 1.29 is 19.7 Å². The predicted molar refractivity (Wildman–Crippen MR) is 88.1 cm³/mol. The molecule has 0 aliphatic heterocycles.